The van der Waals surface area contributed by atoms with Gasteiger partial charge in [-0.25, -0.2) is 4.79 Å². The van der Waals surface area contributed by atoms with Crippen LogP contribution in [0.5, 0.6) is 0 Å². The molecule has 24 heavy (non-hydrogen) atoms. The van der Waals surface area contributed by atoms with Crippen LogP contribution in [0, 0.1) is 0 Å². The van der Waals surface area contributed by atoms with Gasteiger partial charge in [0.2, 0.25) is 0 Å². The largest absolute Gasteiger partial charge is 0.462 e. The summed E-state index contributed by atoms with van der Waals surface area (Å²) in [4.78, 5) is 22.7. The maximum atomic E-state index is 11.9. The number of aldehydes is 1. The Hall–Kier alpha value is -1.35. The molecule has 0 saturated heterocycles. The highest BCUT2D eigenvalue weighted by molar-refractivity contribution is 6.33. The van der Waals surface area contributed by atoms with Gasteiger partial charge in [-0.3, -0.25) is 4.79 Å². The maximum Gasteiger partial charge on any atom is 0.338 e. The van der Waals surface area contributed by atoms with Gasteiger partial charge >= 0.3 is 5.97 Å². The standard InChI is InChI=1S/C20H29ClO3/c1-2-3-4-5-6-7-8-9-10-11-14-24-20(23)17-12-13-19(21)18(15-17)16-22/h12-13,15-16H,2-11,14H2,1H3. The van der Waals surface area contributed by atoms with Gasteiger partial charge < -0.3 is 4.74 Å². The number of esters is 1. The Morgan fingerprint density at radius 3 is 2.17 bits per heavy atom. The van der Waals surface area contributed by atoms with Crippen molar-refractivity contribution in [1.29, 1.82) is 0 Å². The molecular weight excluding hydrogens is 324 g/mol. The van der Waals surface area contributed by atoms with E-state index in [2.05, 4.69) is 6.92 Å². The number of hydrogen-bond donors (Lipinski definition) is 0. The predicted octanol–water partition coefficient (Wildman–Crippen LogP) is 6.23. The lowest BCUT2D eigenvalue weighted by Gasteiger charge is -2.06. The number of unbranched alkanes of at least 4 members (excludes halogenated alkanes) is 9. The summed E-state index contributed by atoms with van der Waals surface area (Å²) in [5, 5.41) is 0.344. The van der Waals surface area contributed by atoms with E-state index in [0.29, 0.717) is 29.0 Å². The zero-order chi connectivity index (χ0) is 17.6. The van der Waals surface area contributed by atoms with Crippen molar-refractivity contribution in [2.24, 2.45) is 0 Å². The molecule has 0 N–H and O–H groups in total. The molecule has 0 fully saturated rings. The van der Waals surface area contributed by atoms with Gasteiger partial charge in [0, 0.05) is 5.56 Å². The lowest BCUT2D eigenvalue weighted by Crippen LogP contribution is -2.07. The molecule has 0 heterocycles. The van der Waals surface area contributed by atoms with Gasteiger partial charge in [-0.05, 0) is 24.6 Å². The van der Waals surface area contributed by atoms with E-state index in [1.54, 1.807) is 12.1 Å². The lowest BCUT2D eigenvalue weighted by molar-refractivity contribution is 0.0497. The molecule has 0 aliphatic carbocycles. The summed E-state index contributed by atoms with van der Waals surface area (Å²) in [5.41, 5.74) is 0.679. The topological polar surface area (TPSA) is 43.4 Å². The van der Waals surface area contributed by atoms with Crippen molar-refractivity contribution < 1.29 is 14.3 Å². The van der Waals surface area contributed by atoms with Crippen LogP contribution in [0.1, 0.15) is 91.8 Å². The van der Waals surface area contributed by atoms with E-state index in [1.807, 2.05) is 0 Å². The third-order valence-electron chi connectivity index (χ3n) is 4.09. The van der Waals surface area contributed by atoms with E-state index >= 15 is 0 Å². The number of ether oxygens (including phenoxy) is 1. The Kier molecular flexibility index (Phi) is 11.2. The molecule has 1 rings (SSSR count). The molecule has 4 heteroatoms. The van der Waals surface area contributed by atoms with E-state index < -0.39 is 5.97 Å². The predicted molar refractivity (Wildman–Crippen MR) is 99.0 cm³/mol. The van der Waals surface area contributed by atoms with Crippen molar-refractivity contribution >= 4 is 23.9 Å². The molecule has 0 amide bonds. The summed E-state index contributed by atoms with van der Waals surface area (Å²) in [6, 6.07) is 4.59. The van der Waals surface area contributed by atoms with E-state index in [9.17, 15) is 9.59 Å². The highest BCUT2D eigenvalue weighted by atomic mass is 35.5. The van der Waals surface area contributed by atoms with Crippen molar-refractivity contribution in [2.45, 2.75) is 71.1 Å². The monoisotopic (exact) mass is 352 g/mol. The number of hydrogen-bond acceptors (Lipinski definition) is 3. The number of carbonyl (C=O) groups is 2. The van der Waals surface area contributed by atoms with Crippen LogP contribution >= 0.6 is 11.6 Å². The minimum Gasteiger partial charge on any atom is -0.462 e. The first-order valence-electron chi connectivity index (χ1n) is 9.11. The quantitative estimate of drug-likeness (QED) is 0.240. The number of rotatable bonds is 13. The molecule has 0 radical (unpaired) electrons. The summed E-state index contributed by atoms with van der Waals surface area (Å²) in [5.74, 6) is -0.398. The van der Waals surface area contributed by atoms with Crippen LogP contribution in [0.2, 0.25) is 5.02 Å². The smallest absolute Gasteiger partial charge is 0.338 e. The first-order valence-corrected chi connectivity index (χ1v) is 9.48. The van der Waals surface area contributed by atoms with Crippen LogP contribution in [0.3, 0.4) is 0 Å². The summed E-state index contributed by atoms with van der Waals surface area (Å²) < 4.78 is 5.24. The maximum absolute atomic E-state index is 11.9. The third-order valence-corrected chi connectivity index (χ3v) is 4.43. The first kappa shape index (κ1) is 20.7. The number of carbonyl (C=O) groups excluding carboxylic acids is 2. The number of halogens is 1. The summed E-state index contributed by atoms with van der Waals surface area (Å²) in [6.45, 7) is 2.66. The molecule has 3 nitrogen and oxygen atoms in total. The second-order valence-electron chi connectivity index (χ2n) is 6.17. The average Bonchev–Trinajstić information content (AvgIpc) is 2.59. The van der Waals surface area contributed by atoms with Crippen molar-refractivity contribution in [2.75, 3.05) is 6.61 Å². The van der Waals surface area contributed by atoms with E-state index in [1.165, 1.54) is 57.4 Å². The molecule has 134 valence electrons. The summed E-state index contributed by atoms with van der Waals surface area (Å²) in [6.07, 6.45) is 13.1. The van der Waals surface area contributed by atoms with Crippen LogP contribution in [0.25, 0.3) is 0 Å². The zero-order valence-electron chi connectivity index (χ0n) is 14.7. The Morgan fingerprint density at radius 1 is 1.00 bits per heavy atom. The fourth-order valence-electron chi connectivity index (χ4n) is 2.60. The average molecular weight is 353 g/mol. The fourth-order valence-corrected chi connectivity index (χ4v) is 2.76. The highest BCUT2D eigenvalue weighted by Crippen LogP contribution is 2.16. The SMILES string of the molecule is CCCCCCCCCCCCOC(=O)c1ccc(Cl)c(C=O)c1. The zero-order valence-corrected chi connectivity index (χ0v) is 15.4. The molecule has 0 aromatic heterocycles. The molecule has 0 aliphatic rings. The minimum atomic E-state index is -0.398. The Balaban J connectivity index is 2.07. The normalized spacial score (nSPS) is 10.6. The van der Waals surface area contributed by atoms with Gasteiger partial charge in [-0.15, -0.1) is 0 Å². The lowest BCUT2D eigenvalue weighted by atomic mass is 10.1. The summed E-state index contributed by atoms with van der Waals surface area (Å²) in [7, 11) is 0. The van der Waals surface area contributed by atoms with Gasteiger partial charge in [-0.1, -0.05) is 76.3 Å². The van der Waals surface area contributed by atoms with Crippen molar-refractivity contribution in [3.05, 3.63) is 34.3 Å². The molecule has 0 aliphatic heterocycles. The molecule has 0 bridgehead atoms. The second kappa shape index (κ2) is 13.0. The van der Waals surface area contributed by atoms with Gasteiger partial charge in [0.1, 0.15) is 0 Å². The molecule has 1 aromatic rings. The summed E-state index contributed by atoms with van der Waals surface area (Å²) >= 11 is 5.84. The highest BCUT2D eigenvalue weighted by Gasteiger charge is 2.09. The molecular formula is C20H29ClO3. The van der Waals surface area contributed by atoms with Gasteiger partial charge in [0.05, 0.1) is 17.2 Å². The van der Waals surface area contributed by atoms with Crippen LogP contribution < -0.4 is 0 Å². The van der Waals surface area contributed by atoms with E-state index in [0.717, 1.165) is 12.8 Å². The minimum absolute atomic E-state index is 0.310. The number of benzene rings is 1. The van der Waals surface area contributed by atoms with E-state index in [4.69, 9.17) is 16.3 Å². The van der Waals surface area contributed by atoms with Crippen LogP contribution in [0.15, 0.2) is 18.2 Å². The Bertz CT molecular complexity index is 500. The van der Waals surface area contributed by atoms with Gasteiger partial charge in [0.25, 0.3) is 0 Å². The van der Waals surface area contributed by atoms with Crippen molar-refractivity contribution in [1.82, 2.24) is 0 Å². The third kappa shape index (κ3) is 8.49. The second-order valence-corrected chi connectivity index (χ2v) is 6.58. The van der Waals surface area contributed by atoms with Crippen LogP contribution in [-0.2, 0) is 4.74 Å². The Labute approximate surface area is 150 Å². The molecule has 0 atom stereocenters. The van der Waals surface area contributed by atoms with E-state index in [-0.39, 0.29) is 0 Å². The van der Waals surface area contributed by atoms with Crippen LogP contribution in [0.4, 0.5) is 0 Å². The molecule has 0 saturated carbocycles. The fraction of sp³-hybridized carbons (Fsp3) is 0.600. The van der Waals surface area contributed by atoms with Crippen LogP contribution in [-0.4, -0.2) is 18.9 Å². The molecule has 0 spiro atoms. The van der Waals surface area contributed by atoms with Crippen molar-refractivity contribution in [3.63, 3.8) is 0 Å². The van der Waals surface area contributed by atoms with Crippen molar-refractivity contribution in [3.8, 4) is 0 Å². The Morgan fingerprint density at radius 2 is 1.58 bits per heavy atom. The molecule has 1 aromatic carbocycles. The van der Waals surface area contributed by atoms with Gasteiger partial charge in [-0.2, -0.15) is 0 Å². The van der Waals surface area contributed by atoms with Gasteiger partial charge in [0.15, 0.2) is 6.29 Å². The molecule has 0 unspecified atom stereocenters. The first-order chi connectivity index (χ1) is 11.7.